The lowest BCUT2D eigenvalue weighted by Crippen LogP contribution is -2.39. The van der Waals surface area contributed by atoms with Gasteiger partial charge < -0.3 is 15.1 Å². The lowest BCUT2D eigenvalue weighted by molar-refractivity contribution is -0.129. The van der Waals surface area contributed by atoms with Crippen LogP contribution in [0.3, 0.4) is 0 Å². The van der Waals surface area contributed by atoms with Crippen molar-refractivity contribution in [3.8, 4) is 0 Å². The number of aliphatic imine (C=N–C) groups is 1. The Hall–Kier alpha value is -0.900. The molecule has 1 fully saturated rings. The molecule has 0 aliphatic carbocycles. The highest BCUT2D eigenvalue weighted by atomic mass is 127. The smallest absolute Gasteiger partial charge is 0.222 e. The van der Waals surface area contributed by atoms with Crippen LogP contribution in [0.1, 0.15) is 50.2 Å². The number of amides is 1. The van der Waals surface area contributed by atoms with E-state index in [2.05, 4.69) is 34.4 Å². The van der Waals surface area contributed by atoms with Gasteiger partial charge in [0, 0.05) is 44.5 Å². The number of hydrogen-bond acceptors (Lipinski definition) is 4. The summed E-state index contributed by atoms with van der Waals surface area (Å²) in [6.45, 7) is 9.47. The predicted molar refractivity (Wildman–Crippen MR) is 119 cm³/mol. The largest absolute Gasteiger partial charge is 0.357 e. The Morgan fingerprint density at radius 2 is 2.27 bits per heavy atom. The number of carbonyl (C=O) groups is 1. The van der Waals surface area contributed by atoms with Crippen molar-refractivity contribution in [1.82, 2.24) is 20.1 Å². The van der Waals surface area contributed by atoms with E-state index >= 15 is 0 Å². The standard InChI is InChI=1S/C18H31N5OS.HI/c1-5-16(23-11-7-8-17(23)24)9-10-20-18(19-6-2)22(4)12-15-13-25-14(3)21-15;/h13,16H,5-12H2,1-4H3,(H,19,20);1H. The normalized spacial score (nSPS) is 15.8. The molecule has 1 amide bonds. The fourth-order valence-electron chi connectivity index (χ4n) is 3.22. The highest BCUT2D eigenvalue weighted by molar-refractivity contribution is 14.0. The minimum atomic E-state index is 0. The molecule has 6 nitrogen and oxygen atoms in total. The van der Waals surface area contributed by atoms with Gasteiger partial charge in [0.05, 0.1) is 17.2 Å². The number of hydrogen-bond donors (Lipinski definition) is 1. The number of aromatic nitrogens is 1. The average molecular weight is 493 g/mol. The summed E-state index contributed by atoms with van der Waals surface area (Å²) in [5.74, 6) is 1.20. The summed E-state index contributed by atoms with van der Waals surface area (Å²) in [5.41, 5.74) is 1.07. The van der Waals surface area contributed by atoms with E-state index < -0.39 is 0 Å². The highest BCUT2D eigenvalue weighted by Crippen LogP contribution is 2.18. The number of guanidine groups is 1. The van der Waals surface area contributed by atoms with Gasteiger partial charge in [0.1, 0.15) is 0 Å². The number of likely N-dealkylation sites (tertiary alicyclic amines) is 1. The molecular weight excluding hydrogens is 461 g/mol. The monoisotopic (exact) mass is 493 g/mol. The van der Waals surface area contributed by atoms with E-state index in [0.717, 1.165) is 62.1 Å². The van der Waals surface area contributed by atoms with Gasteiger partial charge in [0.15, 0.2) is 5.96 Å². The van der Waals surface area contributed by atoms with Crippen LogP contribution in [-0.4, -0.2) is 59.4 Å². The fourth-order valence-corrected chi connectivity index (χ4v) is 3.83. The van der Waals surface area contributed by atoms with Gasteiger partial charge in [-0.15, -0.1) is 35.3 Å². The molecule has 2 rings (SSSR count). The Morgan fingerprint density at radius 3 is 2.81 bits per heavy atom. The molecule has 1 saturated heterocycles. The third kappa shape index (κ3) is 6.68. The van der Waals surface area contributed by atoms with E-state index in [-0.39, 0.29) is 24.0 Å². The van der Waals surface area contributed by atoms with Crippen LogP contribution >= 0.6 is 35.3 Å². The quantitative estimate of drug-likeness (QED) is 0.343. The van der Waals surface area contributed by atoms with Crippen molar-refractivity contribution < 1.29 is 4.79 Å². The van der Waals surface area contributed by atoms with E-state index in [4.69, 9.17) is 4.99 Å². The van der Waals surface area contributed by atoms with E-state index in [1.54, 1.807) is 11.3 Å². The molecule has 1 aromatic rings. The van der Waals surface area contributed by atoms with E-state index in [9.17, 15) is 4.79 Å². The molecule has 1 aliphatic heterocycles. The summed E-state index contributed by atoms with van der Waals surface area (Å²) >= 11 is 1.67. The highest BCUT2D eigenvalue weighted by Gasteiger charge is 2.26. The first-order valence-electron chi connectivity index (χ1n) is 9.25. The van der Waals surface area contributed by atoms with Crippen LogP contribution in [0.25, 0.3) is 0 Å². The molecule has 0 saturated carbocycles. The number of carbonyl (C=O) groups excluding carboxylic acids is 1. The van der Waals surface area contributed by atoms with Gasteiger partial charge in [-0.2, -0.15) is 0 Å². The van der Waals surface area contributed by atoms with Gasteiger partial charge in [0.2, 0.25) is 5.91 Å². The van der Waals surface area contributed by atoms with Crippen LogP contribution in [0.2, 0.25) is 0 Å². The zero-order chi connectivity index (χ0) is 18.2. The molecule has 26 heavy (non-hydrogen) atoms. The molecule has 0 aromatic carbocycles. The molecule has 1 atom stereocenters. The van der Waals surface area contributed by atoms with Crippen molar-refractivity contribution >= 4 is 47.2 Å². The Bertz CT molecular complexity index is 592. The SMILES string of the molecule is CCNC(=NCCC(CC)N1CCCC1=O)N(C)Cc1csc(C)n1.I. The molecule has 1 N–H and O–H groups in total. The second-order valence-electron chi connectivity index (χ2n) is 6.49. The number of rotatable bonds is 8. The van der Waals surface area contributed by atoms with Crippen LogP contribution in [0.4, 0.5) is 0 Å². The number of thiazole rings is 1. The zero-order valence-corrected chi connectivity index (χ0v) is 19.5. The summed E-state index contributed by atoms with van der Waals surface area (Å²) in [4.78, 5) is 25.4. The van der Waals surface area contributed by atoms with Gasteiger partial charge in [-0.3, -0.25) is 9.79 Å². The maximum Gasteiger partial charge on any atom is 0.222 e. The Kier molecular flexibility index (Phi) is 10.4. The van der Waals surface area contributed by atoms with Crippen molar-refractivity contribution in [3.05, 3.63) is 16.1 Å². The minimum absolute atomic E-state index is 0. The van der Waals surface area contributed by atoms with Crippen LogP contribution in [-0.2, 0) is 11.3 Å². The topological polar surface area (TPSA) is 60.8 Å². The second-order valence-corrected chi connectivity index (χ2v) is 7.55. The van der Waals surface area contributed by atoms with Crippen LogP contribution < -0.4 is 5.32 Å². The lowest BCUT2D eigenvalue weighted by Gasteiger charge is -2.27. The number of halogens is 1. The predicted octanol–water partition coefficient (Wildman–Crippen LogP) is 3.26. The van der Waals surface area contributed by atoms with Crippen molar-refractivity contribution in [1.29, 1.82) is 0 Å². The molecule has 2 heterocycles. The van der Waals surface area contributed by atoms with Gasteiger partial charge in [0.25, 0.3) is 0 Å². The molecule has 1 unspecified atom stereocenters. The van der Waals surface area contributed by atoms with Gasteiger partial charge >= 0.3 is 0 Å². The van der Waals surface area contributed by atoms with Gasteiger partial charge in [-0.05, 0) is 33.1 Å². The van der Waals surface area contributed by atoms with Crippen molar-refractivity contribution in [2.24, 2.45) is 4.99 Å². The molecule has 0 spiro atoms. The van der Waals surface area contributed by atoms with Gasteiger partial charge in [-0.1, -0.05) is 6.92 Å². The third-order valence-corrected chi connectivity index (χ3v) is 5.33. The molecule has 8 heteroatoms. The van der Waals surface area contributed by atoms with Crippen LogP contribution in [0.15, 0.2) is 10.4 Å². The summed E-state index contributed by atoms with van der Waals surface area (Å²) in [5, 5.41) is 6.54. The second kappa shape index (κ2) is 11.7. The minimum Gasteiger partial charge on any atom is -0.357 e. The first kappa shape index (κ1) is 23.1. The molecule has 1 aliphatic rings. The average Bonchev–Trinajstić information content (AvgIpc) is 3.19. The molecule has 0 radical (unpaired) electrons. The maximum atomic E-state index is 12.0. The van der Waals surface area contributed by atoms with Gasteiger partial charge in [-0.25, -0.2) is 4.98 Å². The third-order valence-electron chi connectivity index (χ3n) is 4.51. The summed E-state index contributed by atoms with van der Waals surface area (Å²) in [6, 6.07) is 0.313. The fraction of sp³-hybridized carbons (Fsp3) is 0.722. The van der Waals surface area contributed by atoms with E-state index in [1.807, 2.05) is 18.9 Å². The Labute approximate surface area is 178 Å². The van der Waals surface area contributed by atoms with Crippen molar-refractivity contribution in [3.63, 3.8) is 0 Å². The molecule has 1 aromatic heterocycles. The number of aryl methyl sites for hydroxylation is 1. The number of nitrogens with zero attached hydrogens (tertiary/aromatic N) is 4. The molecular formula is C18H32IN5OS. The lowest BCUT2D eigenvalue weighted by atomic mass is 10.1. The van der Waals surface area contributed by atoms with E-state index in [1.165, 1.54) is 0 Å². The number of nitrogens with one attached hydrogen (secondary N) is 1. The van der Waals surface area contributed by atoms with E-state index in [0.29, 0.717) is 18.4 Å². The van der Waals surface area contributed by atoms with Crippen LogP contribution in [0.5, 0.6) is 0 Å². The first-order valence-corrected chi connectivity index (χ1v) is 10.1. The van der Waals surface area contributed by atoms with Crippen molar-refractivity contribution in [2.45, 2.75) is 59.0 Å². The summed E-state index contributed by atoms with van der Waals surface area (Å²) in [7, 11) is 2.04. The van der Waals surface area contributed by atoms with Crippen LogP contribution in [0, 0.1) is 6.92 Å². The maximum absolute atomic E-state index is 12.0. The molecule has 148 valence electrons. The first-order chi connectivity index (χ1) is 12.0. The summed E-state index contributed by atoms with van der Waals surface area (Å²) in [6.07, 6.45) is 3.61. The Balaban J connectivity index is 0.00000338. The zero-order valence-electron chi connectivity index (χ0n) is 16.3. The van der Waals surface area contributed by atoms with Crippen molar-refractivity contribution in [2.75, 3.05) is 26.7 Å². The Morgan fingerprint density at radius 1 is 1.50 bits per heavy atom. The molecule has 0 bridgehead atoms. The summed E-state index contributed by atoms with van der Waals surface area (Å²) < 4.78 is 0.